The lowest BCUT2D eigenvalue weighted by molar-refractivity contribution is -0.140. The number of carbonyl (C=O) groups is 2. The van der Waals surface area contributed by atoms with Crippen molar-refractivity contribution in [2.45, 2.75) is 79.2 Å². The number of nitrogens with zero attached hydrogens (tertiary/aromatic N) is 1. The third kappa shape index (κ3) is 4.47. The normalized spacial score (nSPS) is 27.0. The van der Waals surface area contributed by atoms with Crippen LogP contribution in [0.3, 0.4) is 0 Å². The van der Waals surface area contributed by atoms with E-state index < -0.39 is 0 Å². The van der Waals surface area contributed by atoms with E-state index in [9.17, 15) is 14.7 Å². The summed E-state index contributed by atoms with van der Waals surface area (Å²) in [7, 11) is 0. The average Bonchev–Trinajstić information content (AvgIpc) is 3.31. The number of fused-ring (bicyclic) bond motifs is 3. The summed E-state index contributed by atoms with van der Waals surface area (Å²) in [6.45, 7) is 11.3. The second kappa shape index (κ2) is 10.1. The van der Waals surface area contributed by atoms with Gasteiger partial charge in [0.25, 0.3) is 0 Å². The number of phenols is 1. The summed E-state index contributed by atoms with van der Waals surface area (Å²) in [6, 6.07) is 4.03. The lowest BCUT2D eigenvalue weighted by Gasteiger charge is -2.32. The zero-order chi connectivity index (χ0) is 24.6. The molecule has 0 unspecified atom stereocenters. The molecule has 2 heterocycles. The minimum atomic E-state index is -0.237. The second-order valence-corrected chi connectivity index (χ2v) is 10.4. The molecule has 0 aromatic heterocycles. The highest BCUT2D eigenvalue weighted by atomic mass is 16.5. The molecular formula is C29H39NO4. The first-order valence-corrected chi connectivity index (χ1v) is 12.9. The molecule has 1 aromatic carbocycles. The number of phenolic OH excluding ortho intramolecular Hbond substituents is 1. The van der Waals surface area contributed by atoms with Gasteiger partial charge in [-0.2, -0.15) is 0 Å². The van der Waals surface area contributed by atoms with Crippen molar-refractivity contribution in [1.82, 2.24) is 4.90 Å². The fourth-order valence-electron chi connectivity index (χ4n) is 6.31. The second-order valence-electron chi connectivity index (χ2n) is 10.4. The van der Waals surface area contributed by atoms with Gasteiger partial charge in [-0.15, -0.1) is 0 Å². The molecule has 1 N–H and O–H groups in total. The molecule has 4 atom stereocenters. The first kappa shape index (κ1) is 24.7. The molecule has 5 heteroatoms. The molecule has 1 aliphatic carbocycles. The lowest BCUT2D eigenvalue weighted by atomic mass is 9.68. The van der Waals surface area contributed by atoms with Crippen LogP contribution in [0.5, 0.6) is 5.75 Å². The maximum absolute atomic E-state index is 13.2. The Kier molecular flexibility index (Phi) is 7.32. The first-order chi connectivity index (χ1) is 16.3. The number of hydrogen-bond acceptors (Lipinski definition) is 4. The van der Waals surface area contributed by atoms with Gasteiger partial charge in [-0.25, -0.2) is 0 Å². The van der Waals surface area contributed by atoms with E-state index >= 15 is 0 Å². The Morgan fingerprint density at radius 1 is 1.12 bits per heavy atom. The summed E-state index contributed by atoms with van der Waals surface area (Å²) in [5.41, 5.74) is 6.84. The number of hydrogen-bond donors (Lipinski definition) is 1. The number of ether oxygens (including phenoxy) is 1. The van der Waals surface area contributed by atoms with Crippen molar-refractivity contribution in [3.05, 3.63) is 45.5 Å². The summed E-state index contributed by atoms with van der Waals surface area (Å²) >= 11 is 0. The van der Waals surface area contributed by atoms with Crippen LogP contribution in [0.25, 0.3) is 6.08 Å². The van der Waals surface area contributed by atoms with E-state index in [4.69, 9.17) is 4.74 Å². The number of aromatic hydroxyl groups is 1. The SMILES string of the molecule is CCCC1=C2[C@@H](CC/C(C)=C/c3cc(C)c(O)c(C)c3)OC[C@@H]2[C@@H]2C(=O)N(CCC)C(=O)[C@@H]2C1. The van der Waals surface area contributed by atoms with Crippen LogP contribution < -0.4 is 0 Å². The first-order valence-electron chi connectivity index (χ1n) is 12.9. The van der Waals surface area contributed by atoms with Crippen molar-refractivity contribution in [2.75, 3.05) is 13.2 Å². The lowest BCUT2D eigenvalue weighted by Crippen LogP contribution is -2.34. The monoisotopic (exact) mass is 465 g/mol. The van der Waals surface area contributed by atoms with Gasteiger partial charge >= 0.3 is 0 Å². The molecule has 0 spiro atoms. The summed E-state index contributed by atoms with van der Waals surface area (Å²) in [5.74, 6) is 0.0389. The molecule has 2 amide bonds. The number of aryl methyl sites for hydroxylation is 2. The molecule has 4 rings (SSSR count). The maximum Gasteiger partial charge on any atom is 0.233 e. The van der Waals surface area contributed by atoms with Crippen LogP contribution in [-0.2, 0) is 14.3 Å². The van der Waals surface area contributed by atoms with Gasteiger partial charge in [0, 0.05) is 12.5 Å². The molecule has 184 valence electrons. The highest BCUT2D eigenvalue weighted by Crippen LogP contribution is 2.50. The predicted molar refractivity (Wildman–Crippen MR) is 134 cm³/mol. The van der Waals surface area contributed by atoms with Crippen molar-refractivity contribution >= 4 is 17.9 Å². The Hall–Kier alpha value is -2.40. The van der Waals surface area contributed by atoms with Gasteiger partial charge in [0.2, 0.25) is 11.8 Å². The number of imide groups is 1. The van der Waals surface area contributed by atoms with Crippen LogP contribution in [0.15, 0.2) is 28.9 Å². The summed E-state index contributed by atoms with van der Waals surface area (Å²) in [6.07, 6.45) is 7.54. The van der Waals surface area contributed by atoms with E-state index in [2.05, 4.69) is 19.9 Å². The zero-order valence-corrected chi connectivity index (χ0v) is 21.3. The predicted octanol–water partition coefficient (Wildman–Crippen LogP) is 5.72. The molecule has 34 heavy (non-hydrogen) atoms. The van der Waals surface area contributed by atoms with Crippen molar-refractivity contribution in [2.24, 2.45) is 17.8 Å². The van der Waals surface area contributed by atoms with E-state index in [1.54, 1.807) is 0 Å². The smallest absolute Gasteiger partial charge is 0.233 e. The Balaban J connectivity index is 1.52. The number of amides is 2. The zero-order valence-electron chi connectivity index (χ0n) is 21.3. The number of likely N-dealkylation sites (tertiary alicyclic amines) is 1. The third-order valence-corrected chi connectivity index (χ3v) is 7.83. The highest BCUT2D eigenvalue weighted by molar-refractivity contribution is 6.05. The quantitative estimate of drug-likeness (QED) is 0.394. The Morgan fingerprint density at radius 3 is 2.47 bits per heavy atom. The van der Waals surface area contributed by atoms with E-state index in [0.29, 0.717) is 18.9 Å². The van der Waals surface area contributed by atoms with Crippen LogP contribution >= 0.6 is 0 Å². The Morgan fingerprint density at radius 2 is 1.82 bits per heavy atom. The molecule has 3 aliphatic rings. The molecular weight excluding hydrogens is 426 g/mol. The average molecular weight is 466 g/mol. The van der Waals surface area contributed by atoms with Crippen molar-refractivity contribution in [1.29, 1.82) is 0 Å². The van der Waals surface area contributed by atoms with Gasteiger partial charge in [-0.05, 0) is 87.3 Å². The summed E-state index contributed by atoms with van der Waals surface area (Å²) < 4.78 is 6.32. The van der Waals surface area contributed by atoms with Gasteiger partial charge in [0.15, 0.2) is 0 Å². The standard InChI is InChI=1S/C29H39NO4/c1-6-8-21-15-22-26(29(33)30(11-7-2)28(22)32)23-16-34-24(25(21)23)10-9-17(3)12-20-13-18(4)27(31)19(5)14-20/h12-14,22-24,26,31H,6-11,15-16H2,1-5H3/b17-12+/t22-,23+,24-,26-/m1/s1. The van der Waals surface area contributed by atoms with E-state index in [1.165, 1.54) is 21.6 Å². The third-order valence-electron chi connectivity index (χ3n) is 7.83. The highest BCUT2D eigenvalue weighted by Gasteiger charge is 2.56. The van der Waals surface area contributed by atoms with E-state index in [1.807, 2.05) is 32.9 Å². The van der Waals surface area contributed by atoms with Crippen LogP contribution in [0, 0.1) is 31.6 Å². The van der Waals surface area contributed by atoms with Crippen LogP contribution in [-0.4, -0.2) is 41.1 Å². The van der Waals surface area contributed by atoms with Crippen molar-refractivity contribution in [3.8, 4) is 5.75 Å². The minimum Gasteiger partial charge on any atom is -0.507 e. The Bertz CT molecular complexity index is 1010. The summed E-state index contributed by atoms with van der Waals surface area (Å²) in [5, 5.41) is 10.0. The number of carbonyl (C=O) groups excluding carboxylic acids is 2. The van der Waals surface area contributed by atoms with Crippen LogP contribution in [0.1, 0.15) is 76.0 Å². The van der Waals surface area contributed by atoms with E-state index in [-0.39, 0.29) is 35.7 Å². The molecule has 2 saturated heterocycles. The molecule has 0 radical (unpaired) electrons. The molecule has 0 saturated carbocycles. The summed E-state index contributed by atoms with van der Waals surface area (Å²) in [4.78, 5) is 27.8. The fraction of sp³-hybridized carbons (Fsp3) is 0.586. The molecule has 2 fully saturated rings. The number of allylic oxidation sites excluding steroid dienone is 2. The molecule has 1 aromatic rings. The van der Waals surface area contributed by atoms with E-state index in [0.717, 1.165) is 55.2 Å². The topological polar surface area (TPSA) is 66.8 Å². The van der Waals surface area contributed by atoms with Gasteiger partial charge < -0.3 is 9.84 Å². The van der Waals surface area contributed by atoms with Gasteiger partial charge in [-0.3, -0.25) is 14.5 Å². The van der Waals surface area contributed by atoms with Crippen molar-refractivity contribution in [3.63, 3.8) is 0 Å². The van der Waals surface area contributed by atoms with Gasteiger partial charge in [-0.1, -0.05) is 37.5 Å². The van der Waals surface area contributed by atoms with Gasteiger partial charge in [0.1, 0.15) is 5.75 Å². The fourth-order valence-corrected chi connectivity index (χ4v) is 6.31. The largest absolute Gasteiger partial charge is 0.507 e. The number of rotatable bonds is 8. The van der Waals surface area contributed by atoms with Crippen molar-refractivity contribution < 1.29 is 19.4 Å². The molecule has 2 aliphatic heterocycles. The van der Waals surface area contributed by atoms with Crippen LogP contribution in [0.4, 0.5) is 0 Å². The van der Waals surface area contributed by atoms with Crippen LogP contribution in [0.2, 0.25) is 0 Å². The molecule has 5 nitrogen and oxygen atoms in total. The van der Waals surface area contributed by atoms with Gasteiger partial charge in [0.05, 0.1) is 24.5 Å². The maximum atomic E-state index is 13.2. The molecule has 0 bridgehead atoms. The Labute approximate surface area is 203 Å². The minimum absolute atomic E-state index is 0.0216. The number of benzene rings is 1.